The largest absolute Gasteiger partial charge is 0.399 e. The molecule has 10 N–H and O–H groups in total. The zero-order valence-electron chi connectivity index (χ0n) is 15.8. The predicted molar refractivity (Wildman–Crippen MR) is 114 cm³/mol. The quantitative estimate of drug-likeness (QED) is 0.257. The Morgan fingerprint density at radius 2 is 1.07 bits per heavy atom. The van der Waals surface area contributed by atoms with Crippen molar-refractivity contribution >= 4 is 34.6 Å². The van der Waals surface area contributed by atoms with Gasteiger partial charge in [0.25, 0.3) is 11.8 Å². The van der Waals surface area contributed by atoms with E-state index < -0.39 is 11.8 Å². The lowest BCUT2D eigenvalue weighted by Crippen LogP contribution is -2.15. The Morgan fingerprint density at radius 1 is 0.679 bits per heavy atom. The highest BCUT2D eigenvalue weighted by atomic mass is 16.1. The van der Waals surface area contributed by atoms with E-state index in [4.69, 9.17) is 22.9 Å². The number of nitrogen functional groups attached to an aromatic ring is 2. The van der Waals surface area contributed by atoms with Crippen molar-refractivity contribution < 1.29 is 9.59 Å². The fourth-order valence-corrected chi connectivity index (χ4v) is 2.90. The highest BCUT2D eigenvalue weighted by molar-refractivity contribution is 5.99. The van der Waals surface area contributed by atoms with Crippen LogP contribution >= 0.6 is 0 Å². The molecule has 28 heavy (non-hydrogen) atoms. The van der Waals surface area contributed by atoms with Gasteiger partial charge in [-0.1, -0.05) is 12.8 Å². The lowest BCUT2D eigenvalue weighted by Gasteiger charge is -2.12. The van der Waals surface area contributed by atoms with Crippen LogP contribution in [0.25, 0.3) is 0 Å². The number of hydrogen-bond donors (Lipinski definition) is 6. The van der Waals surface area contributed by atoms with E-state index in [0.29, 0.717) is 33.9 Å². The van der Waals surface area contributed by atoms with Crippen LogP contribution in [0.3, 0.4) is 0 Å². The molecule has 2 amide bonds. The number of benzene rings is 2. The fraction of sp³-hybridized carbons (Fsp3) is 0.300. The topological polar surface area (TPSA) is 162 Å². The average Bonchev–Trinajstić information content (AvgIpc) is 2.63. The van der Waals surface area contributed by atoms with Gasteiger partial charge >= 0.3 is 0 Å². The minimum Gasteiger partial charge on any atom is -0.399 e. The number of carbonyl (C=O) groups excluding carboxylic acids is 2. The van der Waals surface area contributed by atoms with Crippen molar-refractivity contribution in [1.29, 1.82) is 0 Å². The highest BCUT2D eigenvalue weighted by Crippen LogP contribution is 2.20. The van der Waals surface area contributed by atoms with Crippen LogP contribution < -0.4 is 33.6 Å². The number of amides is 2. The van der Waals surface area contributed by atoms with Crippen LogP contribution in [0.15, 0.2) is 36.4 Å². The number of anilines is 4. The van der Waals surface area contributed by atoms with Crippen LogP contribution in [0, 0.1) is 0 Å². The van der Waals surface area contributed by atoms with Gasteiger partial charge < -0.3 is 33.6 Å². The van der Waals surface area contributed by atoms with E-state index in [1.807, 2.05) is 0 Å². The predicted octanol–water partition coefficient (Wildman–Crippen LogP) is 2.13. The summed E-state index contributed by atoms with van der Waals surface area (Å²) in [6.07, 6.45) is 3.92. The molecular formula is C20H28N6O2. The Labute approximate surface area is 164 Å². The molecule has 0 saturated heterocycles. The van der Waals surface area contributed by atoms with Crippen LogP contribution in [0.2, 0.25) is 0 Å². The molecule has 2 aromatic carbocycles. The van der Waals surface area contributed by atoms with E-state index in [-0.39, 0.29) is 0 Å². The number of nitrogens with one attached hydrogen (secondary N) is 2. The van der Waals surface area contributed by atoms with Gasteiger partial charge in [0.05, 0.1) is 11.1 Å². The van der Waals surface area contributed by atoms with Crippen LogP contribution in [-0.2, 0) is 0 Å². The zero-order chi connectivity index (χ0) is 20.5. The van der Waals surface area contributed by atoms with Gasteiger partial charge in [0.1, 0.15) is 0 Å². The second kappa shape index (κ2) is 10.1. The van der Waals surface area contributed by atoms with Crippen molar-refractivity contribution in [3.8, 4) is 0 Å². The Balaban J connectivity index is 1.68. The summed E-state index contributed by atoms with van der Waals surface area (Å²) in [5, 5.41) is 6.43. The molecule has 0 unspecified atom stereocenters. The smallest absolute Gasteiger partial charge is 0.250 e. The molecule has 0 spiro atoms. The van der Waals surface area contributed by atoms with Gasteiger partial charge in [0.15, 0.2) is 0 Å². The van der Waals surface area contributed by atoms with Crippen LogP contribution in [0.4, 0.5) is 22.7 Å². The number of unbranched alkanes of at least 4 members (excludes halogenated alkanes) is 3. The van der Waals surface area contributed by atoms with Gasteiger partial charge in [-0.25, -0.2) is 0 Å². The third-order valence-electron chi connectivity index (χ3n) is 4.35. The van der Waals surface area contributed by atoms with Crippen molar-refractivity contribution in [3.05, 3.63) is 47.5 Å². The molecule has 0 radical (unpaired) electrons. The van der Waals surface area contributed by atoms with Crippen molar-refractivity contribution in [1.82, 2.24) is 0 Å². The molecular weight excluding hydrogens is 356 g/mol. The first kappa shape index (κ1) is 20.9. The van der Waals surface area contributed by atoms with Crippen molar-refractivity contribution in [3.63, 3.8) is 0 Å². The highest BCUT2D eigenvalue weighted by Gasteiger charge is 2.09. The van der Waals surface area contributed by atoms with Gasteiger partial charge in [-0.2, -0.15) is 0 Å². The number of carbonyl (C=O) groups is 2. The lowest BCUT2D eigenvalue weighted by atomic mass is 10.1. The van der Waals surface area contributed by atoms with Crippen molar-refractivity contribution in [2.45, 2.75) is 25.7 Å². The van der Waals surface area contributed by atoms with E-state index in [1.165, 1.54) is 0 Å². The molecule has 0 aliphatic carbocycles. The van der Waals surface area contributed by atoms with Crippen molar-refractivity contribution in [2.75, 3.05) is 35.2 Å². The summed E-state index contributed by atoms with van der Waals surface area (Å²) in [7, 11) is 0. The van der Waals surface area contributed by atoms with E-state index in [2.05, 4.69) is 10.6 Å². The Kier molecular flexibility index (Phi) is 7.50. The monoisotopic (exact) mass is 384 g/mol. The van der Waals surface area contributed by atoms with E-state index in [0.717, 1.165) is 38.8 Å². The lowest BCUT2D eigenvalue weighted by molar-refractivity contribution is 0.0992. The summed E-state index contributed by atoms with van der Waals surface area (Å²) in [5.74, 6) is -0.962. The number of primary amides is 2. The molecule has 0 aromatic heterocycles. The summed E-state index contributed by atoms with van der Waals surface area (Å²) in [5.41, 5.74) is 25.6. The van der Waals surface area contributed by atoms with Crippen LogP contribution in [0.5, 0.6) is 0 Å². The Hall–Kier alpha value is -3.42. The number of nitrogens with two attached hydrogens (primary N) is 4. The van der Waals surface area contributed by atoms with Gasteiger partial charge in [0.2, 0.25) is 0 Å². The summed E-state index contributed by atoms with van der Waals surface area (Å²) in [6, 6.07) is 9.99. The molecule has 0 fully saturated rings. The normalized spacial score (nSPS) is 10.4. The molecule has 0 bridgehead atoms. The summed E-state index contributed by atoms with van der Waals surface area (Å²) in [6.45, 7) is 1.44. The molecule has 2 rings (SSSR count). The molecule has 8 heteroatoms. The number of rotatable bonds is 11. The summed E-state index contributed by atoms with van der Waals surface area (Å²) >= 11 is 0. The first-order chi connectivity index (χ1) is 13.4. The molecule has 0 aliphatic rings. The maximum absolute atomic E-state index is 11.4. The Bertz CT molecular complexity index is 768. The molecule has 2 aromatic rings. The van der Waals surface area contributed by atoms with Gasteiger partial charge in [-0.3, -0.25) is 9.59 Å². The second-order valence-electron chi connectivity index (χ2n) is 6.61. The van der Waals surface area contributed by atoms with Crippen LogP contribution in [0.1, 0.15) is 46.4 Å². The van der Waals surface area contributed by atoms with E-state index in [9.17, 15) is 9.59 Å². The van der Waals surface area contributed by atoms with E-state index in [1.54, 1.807) is 36.4 Å². The third-order valence-corrected chi connectivity index (χ3v) is 4.35. The third kappa shape index (κ3) is 6.08. The number of hydrogen-bond acceptors (Lipinski definition) is 6. The second-order valence-corrected chi connectivity index (χ2v) is 6.61. The first-order valence-corrected chi connectivity index (χ1v) is 9.25. The fourth-order valence-electron chi connectivity index (χ4n) is 2.90. The van der Waals surface area contributed by atoms with Crippen LogP contribution in [-0.4, -0.2) is 24.9 Å². The maximum atomic E-state index is 11.4. The van der Waals surface area contributed by atoms with Crippen molar-refractivity contribution in [2.24, 2.45) is 11.5 Å². The average molecular weight is 384 g/mol. The minimum atomic E-state index is -0.481. The molecule has 0 aliphatic heterocycles. The zero-order valence-corrected chi connectivity index (χ0v) is 15.8. The van der Waals surface area contributed by atoms with Gasteiger partial charge in [-0.05, 0) is 49.2 Å². The minimum absolute atomic E-state index is 0.436. The maximum Gasteiger partial charge on any atom is 0.250 e. The van der Waals surface area contributed by atoms with Gasteiger partial charge in [-0.15, -0.1) is 0 Å². The first-order valence-electron chi connectivity index (χ1n) is 9.25. The molecule has 8 nitrogen and oxygen atoms in total. The molecule has 150 valence electrons. The standard InChI is InChI=1S/C20H28N6O2/c21-13-5-7-15(19(23)27)17(11-13)25-9-3-1-2-4-10-26-18-12-14(22)6-8-16(18)20(24)28/h5-8,11-12,25-26H,1-4,9-10,21-22H2,(H2,23,27)(H2,24,28). The van der Waals surface area contributed by atoms with Gasteiger partial charge in [0, 0.05) is 35.8 Å². The summed E-state index contributed by atoms with van der Waals surface area (Å²) in [4.78, 5) is 22.9. The Morgan fingerprint density at radius 3 is 1.43 bits per heavy atom. The molecule has 0 saturated carbocycles. The summed E-state index contributed by atoms with van der Waals surface area (Å²) < 4.78 is 0. The molecule has 0 heterocycles. The molecule has 0 atom stereocenters. The van der Waals surface area contributed by atoms with E-state index >= 15 is 0 Å². The SMILES string of the molecule is NC(=O)c1ccc(N)cc1NCCCCCCNc1cc(N)ccc1C(N)=O.